The zero-order chi connectivity index (χ0) is 18.8. The summed E-state index contributed by atoms with van der Waals surface area (Å²) in [5.74, 6) is 4.12. The zero-order valence-electron chi connectivity index (χ0n) is 17.0. The number of aromatic nitrogens is 1. The predicted molar refractivity (Wildman–Crippen MR) is 123 cm³/mol. The van der Waals surface area contributed by atoms with E-state index >= 15 is 0 Å². The Morgan fingerprint density at radius 1 is 1.21 bits per heavy atom. The van der Waals surface area contributed by atoms with Gasteiger partial charge >= 0.3 is 0 Å². The summed E-state index contributed by atoms with van der Waals surface area (Å²) in [4.78, 5) is 4.40. The molecule has 1 fully saturated rings. The molecule has 1 heterocycles. The summed E-state index contributed by atoms with van der Waals surface area (Å²) in [5, 5.41) is 11.2. The molecule has 2 aliphatic carbocycles. The van der Waals surface area contributed by atoms with Crippen molar-refractivity contribution in [1.82, 2.24) is 15.8 Å². The van der Waals surface area contributed by atoms with Crippen molar-refractivity contribution in [3.8, 4) is 0 Å². The third kappa shape index (κ3) is 4.07. The van der Waals surface area contributed by atoms with E-state index in [1.54, 1.807) is 11.1 Å². The number of guanidine groups is 1. The van der Waals surface area contributed by atoms with Crippen LogP contribution in [0.5, 0.6) is 0 Å². The van der Waals surface area contributed by atoms with Gasteiger partial charge in [0.1, 0.15) is 5.76 Å². The Kier molecular flexibility index (Phi) is 7.01. The maximum Gasteiger partial charge on any atom is 0.191 e. The Hall–Kier alpha value is -1.57. The highest BCUT2D eigenvalue weighted by Gasteiger charge is 2.52. The minimum atomic E-state index is 0. The minimum Gasteiger partial charge on any atom is -0.361 e. The van der Waals surface area contributed by atoms with Crippen molar-refractivity contribution < 1.29 is 4.52 Å². The van der Waals surface area contributed by atoms with Crippen molar-refractivity contribution in [1.29, 1.82) is 0 Å². The number of nitrogens with one attached hydrogen (secondary N) is 2. The molecule has 3 unspecified atom stereocenters. The molecule has 28 heavy (non-hydrogen) atoms. The van der Waals surface area contributed by atoms with Crippen molar-refractivity contribution in [2.75, 3.05) is 13.6 Å². The van der Waals surface area contributed by atoms with Crippen molar-refractivity contribution >= 4 is 29.9 Å². The van der Waals surface area contributed by atoms with Crippen LogP contribution in [0.25, 0.3) is 0 Å². The number of fused-ring (bicyclic) bond motifs is 3. The van der Waals surface area contributed by atoms with E-state index in [-0.39, 0.29) is 24.0 Å². The molecular weight excluding hydrogens is 463 g/mol. The van der Waals surface area contributed by atoms with E-state index in [0.29, 0.717) is 6.54 Å². The lowest BCUT2D eigenvalue weighted by Gasteiger charge is -2.13. The molecule has 152 valence electrons. The quantitative estimate of drug-likeness (QED) is 0.361. The molecule has 0 radical (unpaired) electrons. The number of hydrogen-bond acceptors (Lipinski definition) is 3. The molecule has 3 atom stereocenters. The van der Waals surface area contributed by atoms with E-state index in [1.165, 1.54) is 18.4 Å². The summed E-state index contributed by atoms with van der Waals surface area (Å²) in [6.07, 6.45) is 4.30. The average Bonchev–Trinajstić information content (AvgIpc) is 3.29. The molecule has 4 rings (SSSR count). The molecule has 1 aromatic carbocycles. The fourth-order valence-electron chi connectivity index (χ4n) is 4.73. The number of hydrogen-bond donors (Lipinski definition) is 2. The fourth-order valence-corrected chi connectivity index (χ4v) is 4.73. The number of halogens is 1. The van der Waals surface area contributed by atoms with Crippen molar-refractivity contribution in [2.45, 2.75) is 52.0 Å². The molecular formula is C22H31IN4O. The summed E-state index contributed by atoms with van der Waals surface area (Å²) in [7, 11) is 1.83. The third-order valence-electron chi connectivity index (χ3n) is 6.26. The van der Waals surface area contributed by atoms with Crippen LogP contribution in [0.4, 0.5) is 0 Å². The fraction of sp³-hybridized carbons (Fsp3) is 0.545. The summed E-state index contributed by atoms with van der Waals surface area (Å²) < 4.78 is 5.46. The van der Waals surface area contributed by atoms with Gasteiger partial charge in [0.05, 0.1) is 5.69 Å². The largest absolute Gasteiger partial charge is 0.361 e. The SMILES string of the molecule is CCc1noc(CC)c1CNC(=NC)NCC1C2CCc3ccccc3C21.I. The summed E-state index contributed by atoms with van der Waals surface area (Å²) in [5.41, 5.74) is 5.35. The third-order valence-corrected chi connectivity index (χ3v) is 6.26. The van der Waals surface area contributed by atoms with Crippen LogP contribution in [0.2, 0.25) is 0 Å². The van der Waals surface area contributed by atoms with Crippen LogP contribution in [0, 0.1) is 11.8 Å². The summed E-state index contributed by atoms with van der Waals surface area (Å²) in [6.45, 7) is 5.90. The van der Waals surface area contributed by atoms with Crippen LogP contribution in [0.1, 0.15) is 54.3 Å². The first kappa shape index (κ1) is 21.1. The van der Waals surface area contributed by atoms with Gasteiger partial charge in [0.2, 0.25) is 0 Å². The van der Waals surface area contributed by atoms with Gasteiger partial charge < -0.3 is 15.2 Å². The van der Waals surface area contributed by atoms with Gasteiger partial charge in [-0.1, -0.05) is 43.3 Å². The lowest BCUT2D eigenvalue weighted by atomic mass is 9.92. The first-order chi connectivity index (χ1) is 13.3. The van der Waals surface area contributed by atoms with Gasteiger partial charge in [-0.3, -0.25) is 4.99 Å². The van der Waals surface area contributed by atoms with Crippen molar-refractivity contribution in [3.05, 3.63) is 52.4 Å². The molecule has 0 amide bonds. The maximum absolute atomic E-state index is 5.46. The topological polar surface area (TPSA) is 62.5 Å². The van der Waals surface area contributed by atoms with E-state index in [0.717, 1.165) is 54.6 Å². The molecule has 0 bridgehead atoms. The first-order valence-electron chi connectivity index (χ1n) is 10.2. The van der Waals surface area contributed by atoms with Gasteiger partial charge in [0.15, 0.2) is 5.96 Å². The van der Waals surface area contributed by atoms with Gasteiger partial charge in [-0.25, -0.2) is 0 Å². The highest BCUT2D eigenvalue weighted by Crippen LogP contribution is 2.59. The molecule has 5 nitrogen and oxygen atoms in total. The van der Waals surface area contributed by atoms with Gasteiger partial charge in [0.25, 0.3) is 0 Å². The zero-order valence-corrected chi connectivity index (χ0v) is 19.3. The highest BCUT2D eigenvalue weighted by molar-refractivity contribution is 14.0. The van der Waals surface area contributed by atoms with Crippen LogP contribution >= 0.6 is 24.0 Å². The second-order valence-corrected chi connectivity index (χ2v) is 7.64. The molecule has 6 heteroatoms. The van der Waals surface area contributed by atoms with E-state index in [2.05, 4.69) is 58.9 Å². The van der Waals surface area contributed by atoms with Crippen LogP contribution in [0.3, 0.4) is 0 Å². The number of aryl methyl sites for hydroxylation is 3. The van der Waals surface area contributed by atoms with Gasteiger partial charge in [-0.05, 0) is 48.1 Å². The number of nitrogens with zero attached hydrogens (tertiary/aromatic N) is 2. The number of aliphatic imine (C=N–C) groups is 1. The smallest absolute Gasteiger partial charge is 0.191 e. The van der Waals surface area contributed by atoms with Crippen LogP contribution < -0.4 is 10.6 Å². The van der Waals surface area contributed by atoms with Gasteiger partial charge in [0, 0.05) is 32.1 Å². The minimum absolute atomic E-state index is 0. The lowest BCUT2D eigenvalue weighted by Crippen LogP contribution is -2.38. The number of benzene rings is 1. The van der Waals surface area contributed by atoms with Crippen molar-refractivity contribution in [3.63, 3.8) is 0 Å². The molecule has 2 aromatic rings. The van der Waals surface area contributed by atoms with Gasteiger partial charge in [-0.2, -0.15) is 0 Å². The molecule has 1 saturated carbocycles. The monoisotopic (exact) mass is 494 g/mol. The molecule has 0 saturated heterocycles. The Bertz CT molecular complexity index is 810. The Morgan fingerprint density at radius 2 is 2.04 bits per heavy atom. The molecule has 2 N–H and O–H groups in total. The predicted octanol–water partition coefficient (Wildman–Crippen LogP) is 4.06. The standard InChI is InChI=1S/C22H30N4O.HI/c1-4-19-18(20(5-2)27-26-19)13-25-22(23-3)24-12-17-16-11-10-14-8-6-7-9-15(14)21(16)17;/h6-9,16-17,21H,4-5,10-13H2,1-3H3,(H2,23,24,25);1H. The first-order valence-corrected chi connectivity index (χ1v) is 10.2. The maximum atomic E-state index is 5.46. The van der Waals surface area contributed by atoms with E-state index < -0.39 is 0 Å². The highest BCUT2D eigenvalue weighted by atomic mass is 127. The normalized spacial score (nSPS) is 22.7. The molecule has 0 aliphatic heterocycles. The van der Waals surface area contributed by atoms with E-state index in [1.807, 2.05) is 7.05 Å². The van der Waals surface area contributed by atoms with Crippen LogP contribution in [-0.2, 0) is 25.8 Å². The summed E-state index contributed by atoms with van der Waals surface area (Å²) in [6, 6.07) is 8.97. The Labute approximate surface area is 184 Å². The molecule has 2 aliphatic rings. The molecule has 1 aromatic heterocycles. The van der Waals surface area contributed by atoms with E-state index in [9.17, 15) is 0 Å². The number of rotatable bonds is 6. The summed E-state index contributed by atoms with van der Waals surface area (Å²) >= 11 is 0. The molecule has 0 spiro atoms. The Morgan fingerprint density at radius 3 is 2.79 bits per heavy atom. The van der Waals surface area contributed by atoms with Gasteiger partial charge in [-0.15, -0.1) is 24.0 Å². The Balaban J connectivity index is 0.00000225. The van der Waals surface area contributed by atoms with E-state index in [4.69, 9.17) is 4.52 Å². The van der Waals surface area contributed by atoms with Crippen LogP contribution in [-0.4, -0.2) is 24.7 Å². The second kappa shape index (κ2) is 9.29. The second-order valence-electron chi connectivity index (χ2n) is 7.64. The van der Waals surface area contributed by atoms with Crippen LogP contribution in [0.15, 0.2) is 33.8 Å². The van der Waals surface area contributed by atoms with Crippen molar-refractivity contribution in [2.24, 2.45) is 16.8 Å². The lowest BCUT2D eigenvalue weighted by molar-refractivity contribution is 0.380. The average molecular weight is 494 g/mol.